The largest absolute Gasteiger partial charge is 0.443 e. The molecule has 0 spiro atoms. The summed E-state index contributed by atoms with van der Waals surface area (Å²) in [5.74, 6) is -0.238. The van der Waals surface area contributed by atoms with E-state index in [1.54, 1.807) is 6.92 Å². The van der Waals surface area contributed by atoms with E-state index in [0.717, 1.165) is 38.8 Å². The minimum absolute atomic E-state index is 0.0880. The second kappa shape index (κ2) is 22.4. The molecule has 0 aromatic carbocycles. The van der Waals surface area contributed by atoms with E-state index in [9.17, 15) is 4.79 Å². The van der Waals surface area contributed by atoms with Gasteiger partial charge in [-0.05, 0) is 32.6 Å². The fourth-order valence-corrected chi connectivity index (χ4v) is 4.00. The van der Waals surface area contributed by atoms with E-state index in [0.29, 0.717) is 5.57 Å². The zero-order valence-electron chi connectivity index (χ0n) is 21.7. The summed E-state index contributed by atoms with van der Waals surface area (Å²) in [4.78, 5) is 14.6. The molecule has 3 heteroatoms. The van der Waals surface area contributed by atoms with Crippen LogP contribution >= 0.6 is 0 Å². The monoisotopic (exact) mass is 437 g/mol. The lowest BCUT2D eigenvalue weighted by atomic mass is 10.0. The molecule has 0 bridgehead atoms. The van der Waals surface area contributed by atoms with E-state index in [1.165, 1.54) is 89.9 Å². The van der Waals surface area contributed by atoms with Crippen LogP contribution in [0.25, 0.3) is 0 Å². The second-order valence-electron chi connectivity index (χ2n) is 9.41. The summed E-state index contributed by atoms with van der Waals surface area (Å²) in [6.07, 6.45) is 23.2. The van der Waals surface area contributed by atoms with Gasteiger partial charge in [-0.3, -0.25) is 4.90 Å². The lowest BCUT2D eigenvalue weighted by Crippen LogP contribution is -2.40. The lowest BCUT2D eigenvalue weighted by molar-refractivity contribution is -0.155. The van der Waals surface area contributed by atoms with Gasteiger partial charge in [-0.2, -0.15) is 0 Å². The average Bonchev–Trinajstić information content (AvgIpc) is 2.76. The third kappa shape index (κ3) is 18.4. The van der Waals surface area contributed by atoms with Gasteiger partial charge < -0.3 is 4.74 Å². The molecule has 184 valence electrons. The second-order valence-corrected chi connectivity index (χ2v) is 9.41. The van der Waals surface area contributed by atoms with Crippen LogP contribution in [0.2, 0.25) is 0 Å². The lowest BCUT2D eigenvalue weighted by Gasteiger charge is -2.31. The Morgan fingerprint density at radius 2 is 1.06 bits per heavy atom. The van der Waals surface area contributed by atoms with Crippen molar-refractivity contribution in [2.75, 3.05) is 13.1 Å². The van der Waals surface area contributed by atoms with Crippen molar-refractivity contribution in [3.8, 4) is 0 Å². The number of unbranched alkanes of at least 4 members (excludes halogenated alkanes) is 14. The van der Waals surface area contributed by atoms with Crippen LogP contribution < -0.4 is 0 Å². The molecule has 0 aliphatic carbocycles. The van der Waals surface area contributed by atoms with Crippen LogP contribution in [0.15, 0.2) is 12.2 Å². The first-order valence-electron chi connectivity index (χ1n) is 13.7. The van der Waals surface area contributed by atoms with Crippen molar-refractivity contribution < 1.29 is 9.53 Å². The van der Waals surface area contributed by atoms with E-state index in [1.807, 2.05) is 0 Å². The smallest absolute Gasteiger partial charge is 0.334 e. The molecule has 0 aromatic heterocycles. The predicted octanol–water partition coefficient (Wildman–Crippen LogP) is 8.82. The Bertz CT molecular complexity index is 413. The molecule has 0 rings (SSSR count). The summed E-state index contributed by atoms with van der Waals surface area (Å²) < 4.78 is 5.86. The molecule has 1 unspecified atom stereocenters. The van der Waals surface area contributed by atoms with Crippen molar-refractivity contribution in [3.63, 3.8) is 0 Å². The van der Waals surface area contributed by atoms with Crippen LogP contribution in [0.4, 0.5) is 0 Å². The molecule has 0 N–H and O–H groups in total. The van der Waals surface area contributed by atoms with Gasteiger partial charge in [0, 0.05) is 18.7 Å². The van der Waals surface area contributed by atoms with Gasteiger partial charge in [-0.25, -0.2) is 4.79 Å². The Balaban J connectivity index is 4.12. The van der Waals surface area contributed by atoms with Crippen LogP contribution in [-0.4, -0.2) is 30.2 Å². The summed E-state index contributed by atoms with van der Waals surface area (Å²) in [5, 5.41) is 0. The van der Waals surface area contributed by atoms with Gasteiger partial charge in [0.2, 0.25) is 0 Å². The fraction of sp³-hybridized carbons (Fsp3) is 0.893. The highest BCUT2D eigenvalue weighted by Gasteiger charge is 2.21. The van der Waals surface area contributed by atoms with E-state index < -0.39 is 0 Å². The van der Waals surface area contributed by atoms with Crippen molar-refractivity contribution >= 4 is 5.97 Å². The summed E-state index contributed by atoms with van der Waals surface area (Å²) in [6.45, 7) is 14.3. The van der Waals surface area contributed by atoms with E-state index in [-0.39, 0.29) is 12.2 Å². The molecule has 0 heterocycles. The molecule has 1 atom stereocenters. The van der Waals surface area contributed by atoms with Crippen molar-refractivity contribution in [1.29, 1.82) is 0 Å². The Labute approximate surface area is 195 Å². The minimum Gasteiger partial charge on any atom is -0.443 e. The Kier molecular flexibility index (Phi) is 21.8. The van der Waals surface area contributed by atoms with Gasteiger partial charge in [0.25, 0.3) is 0 Å². The standard InChI is InChI=1S/C28H55NO2/c1-6-9-12-13-14-15-16-17-18-19-20-21-22-23-27(31-28(30)26(4)5)29(24-10-7-2)25-11-8-3/h27H,4,6-25H2,1-3,5H3. The molecule has 0 saturated heterocycles. The van der Waals surface area contributed by atoms with Crippen LogP contribution in [-0.2, 0) is 9.53 Å². The molecule has 3 nitrogen and oxygen atoms in total. The maximum absolute atomic E-state index is 12.2. The third-order valence-electron chi connectivity index (χ3n) is 6.15. The van der Waals surface area contributed by atoms with E-state index in [2.05, 4.69) is 32.3 Å². The normalized spacial score (nSPS) is 12.3. The Hall–Kier alpha value is -0.830. The van der Waals surface area contributed by atoms with Crippen molar-refractivity contribution in [1.82, 2.24) is 4.90 Å². The molecule has 0 aliphatic heterocycles. The summed E-state index contributed by atoms with van der Waals surface area (Å²) in [7, 11) is 0. The number of ether oxygens (including phenoxy) is 1. The zero-order chi connectivity index (χ0) is 23.2. The molecule has 0 aliphatic rings. The van der Waals surface area contributed by atoms with Gasteiger partial charge in [0.1, 0.15) is 0 Å². The van der Waals surface area contributed by atoms with Gasteiger partial charge >= 0.3 is 5.97 Å². The number of esters is 1. The van der Waals surface area contributed by atoms with E-state index in [4.69, 9.17) is 4.74 Å². The summed E-state index contributed by atoms with van der Waals surface area (Å²) >= 11 is 0. The quantitative estimate of drug-likeness (QED) is 0.0692. The first kappa shape index (κ1) is 30.2. The number of carbonyl (C=O) groups excluding carboxylic acids is 1. The molecule has 31 heavy (non-hydrogen) atoms. The molecular weight excluding hydrogens is 382 g/mol. The van der Waals surface area contributed by atoms with Crippen molar-refractivity contribution in [3.05, 3.63) is 12.2 Å². The number of nitrogens with zero attached hydrogens (tertiary/aromatic N) is 1. The number of carbonyl (C=O) groups is 1. The molecule has 0 amide bonds. The fourth-order valence-electron chi connectivity index (χ4n) is 4.00. The summed E-state index contributed by atoms with van der Waals surface area (Å²) in [5.41, 5.74) is 0.501. The number of rotatable bonds is 23. The highest BCUT2D eigenvalue weighted by molar-refractivity contribution is 5.87. The van der Waals surface area contributed by atoms with Crippen molar-refractivity contribution in [2.45, 2.75) is 149 Å². The number of hydrogen-bond acceptors (Lipinski definition) is 3. The summed E-state index contributed by atoms with van der Waals surface area (Å²) in [6, 6.07) is 0. The molecule has 0 saturated carbocycles. The van der Waals surface area contributed by atoms with Gasteiger partial charge in [-0.1, -0.05) is 117 Å². The Morgan fingerprint density at radius 1 is 0.677 bits per heavy atom. The van der Waals surface area contributed by atoms with Crippen molar-refractivity contribution in [2.24, 2.45) is 0 Å². The van der Waals surface area contributed by atoms with Gasteiger partial charge in [-0.15, -0.1) is 0 Å². The van der Waals surface area contributed by atoms with Gasteiger partial charge in [0.05, 0.1) is 0 Å². The molecule has 0 aromatic rings. The molecule has 0 fully saturated rings. The predicted molar refractivity (Wildman–Crippen MR) is 136 cm³/mol. The Morgan fingerprint density at radius 3 is 1.45 bits per heavy atom. The van der Waals surface area contributed by atoms with Gasteiger partial charge in [0.15, 0.2) is 6.23 Å². The average molecular weight is 438 g/mol. The maximum atomic E-state index is 12.2. The van der Waals surface area contributed by atoms with Crippen LogP contribution in [0.3, 0.4) is 0 Å². The number of hydrogen-bond donors (Lipinski definition) is 0. The highest BCUT2D eigenvalue weighted by Crippen LogP contribution is 2.17. The third-order valence-corrected chi connectivity index (χ3v) is 6.15. The van der Waals surface area contributed by atoms with Crippen LogP contribution in [0.5, 0.6) is 0 Å². The first-order valence-corrected chi connectivity index (χ1v) is 13.7. The maximum Gasteiger partial charge on any atom is 0.334 e. The van der Waals surface area contributed by atoms with Crippen LogP contribution in [0.1, 0.15) is 143 Å². The zero-order valence-corrected chi connectivity index (χ0v) is 21.7. The first-order chi connectivity index (χ1) is 15.1. The molecule has 0 radical (unpaired) electrons. The van der Waals surface area contributed by atoms with E-state index >= 15 is 0 Å². The minimum atomic E-state index is -0.238. The topological polar surface area (TPSA) is 29.5 Å². The SMILES string of the molecule is C=C(C)C(=O)OC(CCCCCCCCCCCCCCC)N(CCCC)CCCC. The highest BCUT2D eigenvalue weighted by atomic mass is 16.6. The molecular formula is C28H55NO2. The van der Waals surface area contributed by atoms with Crippen LogP contribution in [0, 0.1) is 0 Å².